The number of carbonyl (C=O) groups is 2. The molecule has 0 atom stereocenters. The van der Waals surface area contributed by atoms with Crippen molar-refractivity contribution >= 4 is 11.9 Å². The van der Waals surface area contributed by atoms with E-state index in [9.17, 15) is 9.59 Å². The molecule has 0 spiro atoms. The number of benzene rings is 1. The van der Waals surface area contributed by atoms with Crippen LogP contribution < -0.4 is 14.8 Å². The maximum absolute atomic E-state index is 12.0. The molecule has 0 saturated heterocycles. The fourth-order valence-electron chi connectivity index (χ4n) is 1.71. The molecule has 1 rings (SSSR count). The minimum Gasteiger partial charge on any atom is -0.493 e. The molecule has 0 saturated carbocycles. The Morgan fingerprint density at radius 2 is 1.95 bits per heavy atom. The maximum atomic E-state index is 12.0. The van der Waals surface area contributed by atoms with Gasteiger partial charge < -0.3 is 19.5 Å². The Bertz CT molecular complexity index is 487. The second-order valence-corrected chi connectivity index (χ2v) is 4.32. The molecular weight excluding hydrogens is 274 g/mol. The highest BCUT2D eigenvalue weighted by Gasteiger charge is 2.18. The summed E-state index contributed by atoms with van der Waals surface area (Å²) in [5, 5.41) is 2.67. The Balaban J connectivity index is 2.62. The molecule has 1 aromatic rings. The average molecular weight is 295 g/mol. The third-order valence-corrected chi connectivity index (χ3v) is 2.81. The summed E-state index contributed by atoms with van der Waals surface area (Å²) in [6, 6.07) is 4.88. The third-order valence-electron chi connectivity index (χ3n) is 2.81. The van der Waals surface area contributed by atoms with Gasteiger partial charge in [0.05, 0.1) is 14.2 Å². The first-order valence-corrected chi connectivity index (χ1v) is 6.78. The minimum absolute atomic E-state index is 0.221. The van der Waals surface area contributed by atoms with E-state index in [0.29, 0.717) is 12.3 Å². The van der Waals surface area contributed by atoms with Crippen LogP contribution in [0.4, 0.5) is 0 Å². The number of methoxy groups -OCH3 is 2. The molecule has 1 aromatic carbocycles. The molecule has 0 radical (unpaired) electrons. The average Bonchev–Trinajstić information content (AvgIpc) is 2.51. The smallest absolute Gasteiger partial charge is 0.342 e. The van der Waals surface area contributed by atoms with Crippen molar-refractivity contribution in [3.05, 3.63) is 23.8 Å². The van der Waals surface area contributed by atoms with E-state index in [1.165, 1.54) is 14.2 Å². The largest absolute Gasteiger partial charge is 0.493 e. The SMILES string of the molecule is CCCCNC(=O)COC(=O)c1cccc(OC)c1OC. The lowest BCUT2D eigenvalue weighted by Crippen LogP contribution is -2.29. The first-order chi connectivity index (χ1) is 10.1. The molecule has 0 bridgehead atoms. The quantitative estimate of drug-likeness (QED) is 0.584. The van der Waals surface area contributed by atoms with E-state index in [1.807, 2.05) is 6.92 Å². The first-order valence-electron chi connectivity index (χ1n) is 6.78. The summed E-state index contributed by atoms with van der Waals surface area (Å²) in [6.07, 6.45) is 1.88. The summed E-state index contributed by atoms with van der Waals surface area (Å²) >= 11 is 0. The van der Waals surface area contributed by atoms with Gasteiger partial charge in [-0.15, -0.1) is 0 Å². The van der Waals surface area contributed by atoms with Crippen molar-refractivity contribution in [1.82, 2.24) is 5.32 Å². The van der Waals surface area contributed by atoms with Crippen molar-refractivity contribution in [2.45, 2.75) is 19.8 Å². The number of hydrogen-bond acceptors (Lipinski definition) is 5. The molecule has 0 aromatic heterocycles. The van der Waals surface area contributed by atoms with Crippen LogP contribution in [0.25, 0.3) is 0 Å². The summed E-state index contributed by atoms with van der Waals surface area (Å²) < 4.78 is 15.2. The van der Waals surface area contributed by atoms with Gasteiger partial charge in [-0.2, -0.15) is 0 Å². The van der Waals surface area contributed by atoms with Crippen molar-refractivity contribution in [3.8, 4) is 11.5 Å². The van der Waals surface area contributed by atoms with Crippen molar-refractivity contribution in [1.29, 1.82) is 0 Å². The van der Waals surface area contributed by atoms with Gasteiger partial charge in [0, 0.05) is 6.54 Å². The van der Waals surface area contributed by atoms with Gasteiger partial charge in [0.1, 0.15) is 5.56 Å². The number of unbranched alkanes of at least 4 members (excludes halogenated alkanes) is 1. The van der Waals surface area contributed by atoms with Crippen molar-refractivity contribution in [3.63, 3.8) is 0 Å². The molecule has 0 aliphatic carbocycles. The lowest BCUT2D eigenvalue weighted by atomic mass is 10.2. The fourth-order valence-corrected chi connectivity index (χ4v) is 1.71. The number of carbonyl (C=O) groups excluding carboxylic acids is 2. The zero-order valence-corrected chi connectivity index (χ0v) is 12.6. The molecule has 0 aliphatic heterocycles. The Hall–Kier alpha value is -2.24. The van der Waals surface area contributed by atoms with E-state index in [1.54, 1.807) is 18.2 Å². The number of hydrogen-bond donors (Lipinski definition) is 1. The predicted octanol–water partition coefficient (Wildman–Crippen LogP) is 1.78. The van der Waals surface area contributed by atoms with E-state index in [0.717, 1.165) is 12.8 Å². The highest BCUT2D eigenvalue weighted by atomic mass is 16.5. The zero-order valence-electron chi connectivity index (χ0n) is 12.6. The molecule has 0 aliphatic rings. The van der Waals surface area contributed by atoms with Crippen LogP contribution in [0.15, 0.2) is 18.2 Å². The van der Waals surface area contributed by atoms with Crippen LogP contribution in [0.1, 0.15) is 30.1 Å². The van der Waals surface area contributed by atoms with Crippen molar-refractivity contribution < 1.29 is 23.8 Å². The number of ether oxygens (including phenoxy) is 3. The summed E-state index contributed by atoms with van der Waals surface area (Å²) in [4.78, 5) is 23.5. The predicted molar refractivity (Wildman–Crippen MR) is 77.7 cm³/mol. The topological polar surface area (TPSA) is 73.9 Å². The number of rotatable bonds is 8. The highest BCUT2D eigenvalue weighted by Crippen LogP contribution is 2.30. The fraction of sp³-hybridized carbons (Fsp3) is 0.467. The van der Waals surface area contributed by atoms with Crippen LogP contribution in [0.5, 0.6) is 11.5 Å². The minimum atomic E-state index is -0.628. The van der Waals surface area contributed by atoms with E-state index in [4.69, 9.17) is 14.2 Å². The second kappa shape index (κ2) is 8.84. The Morgan fingerprint density at radius 3 is 2.57 bits per heavy atom. The van der Waals surface area contributed by atoms with E-state index in [-0.39, 0.29) is 23.8 Å². The Labute approximate surface area is 124 Å². The lowest BCUT2D eigenvalue weighted by molar-refractivity contribution is -0.124. The van der Waals surface area contributed by atoms with Crippen LogP contribution in [0, 0.1) is 0 Å². The Kier molecular flexibility index (Phi) is 7.08. The summed E-state index contributed by atoms with van der Waals surface area (Å²) in [7, 11) is 2.92. The van der Waals surface area contributed by atoms with Gasteiger partial charge in [-0.1, -0.05) is 19.4 Å². The van der Waals surface area contributed by atoms with Gasteiger partial charge in [0.25, 0.3) is 5.91 Å². The molecule has 6 nitrogen and oxygen atoms in total. The van der Waals surface area contributed by atoms with E-state index < -0.39 is 5.97 Å². The standard InChI is InChI=1S/C15H21NO5/c1-4-5-9-16-13(17)10-21-15(18)11-7-6-8-12(19-2)14(11)20-3/h6-8H,4-5,9-10H2,1-3H3,(H,16,17). The van der Waals surface area contributed by atoms with Crippen molar-refractivity contribution in [2.24, 2.45) is 0 Å². The number of amides is 1. The molecule has 0 fully saturated rings. The van der Waals surface area contributed by atoms with E-state index >= 15 is 0 Å². The molecule has 21 heavy (non-hydrogen) atoms. The van der Waals surface area contributed by atoms with Gasteiger partial charge in [-0.25, -0.2) is 4.79 Å². The molecular formula is C15H21NO5. The van der Waals surface area contributed by atoms with Crippen LogP contribution in [0.2, 0.25) is 0 Å². The van der Waals surface area contributed by atoms with Gasteiger partial charge >= 0.3 is 5.97 Å². The highest BCUT2D eigenvalue weighted by molar-refractivity contribution is 5.94. The van der Waals surface area contributed by atoms with Gasteiger partial charge in [-0.3, -0.25) is 4.79 Å². The molecule has 1 amide bonds. The van der Waals surface area contributed by atoms with Crippen molar-refractivity contribution in [2.75, 3.05) is 27.4 Å². The van der Waals surface area contributed by atoms with Crippen LogP contribution in [-0.2, 0) is 9.53 Å². The zero-order chi connectivity index (χ0) is 15.7. The molecule has 0 heterocycles. The summed E-state index contributed by atoms with van der Waals surface area (Å²) in [6.45, 7) is 2.29. The third kappa shape index (κ3) is 4.98. The second-order valence-electron chi connectivity index (χ2n) is 4.32. The van der Waals surface area contributed by atoms with Crippen LogP contribution >= 0.6 is 0 Å². The monoisotopic (exact) mass is 295 g/mol. The summed E-state index contributed by atoms with van der Waals surface area (Å²) in [5.74, 6) is -0.231. The van der Waals surface area contributed by atoms with Crippen LogP contribution in [-0.4, -0.2) is 39.2 Å². The molecule has 1 N–H and O–H groups in total. The Morgan fingerprint density at radius 1 is 1.19 bits per heavy atom. The first kappa shape index (κ1) is 16.8. The van der Waals surface area contributed by atoms with Crippen LogP contribution in [0.3, 0.4) is 0 Å². The molecule has 116 valence electrons. The molecule has 0 unspecified atom stereocenters. The van der Waals surface area contributed by atoms with Gasteiger partial charge in [0.15, 0.2) is 18.1 Å². The van der Waals surface area contributed by atoms with Gasteiger partial charge in [0.2, 0.25) is 0 Å². The maximum Gasteiger partial charge on any atom is 0.342 e. The summed E-state index contributed by atoms with van der Waals surface area (Å²) in [5.41, 5.74) is 0.221. The van der Waals surface area contributed by atoms with E-state index in [2.05, 4.69) is 5.32 Å². The lowest BCUT2D eigenvalue weighted by Gasteiger charge is -2.12. The number of para-hydroxylation sites is 1. The number of esters is 1. The number of nitrogens with one attached hydrogen (secondary N) is 1. The van der Waals surface area contributed by atoms with Gasteiger partial charge in [-0.05, 0) is 18.6 Å². The normalized spacial score (nSPS) is 9.86. The molecule has 6 heteroatoms.